The van der Waals surface area contributed by atoms with Crippen LogP contribution in [0.25, 0.3) is 10.9 Å². The van der Waals surface area contributed by atoms with Crippen molar-refractivity contribution in [2.45, 2.75) is 45.1 Å². The molecule has 138 valence electrons. The third-order valence-corrected chi connectivity index (χ3v) is 6.09. The average molecular weight is 351 g/mol. The Balaban J connectivity index is 1.53. The van der Waals surface area contributed by atoms with E-state index in [1.807, 2.05) is 17.2 Å². The van der Waals surface area contributed by atoms with Crippen LogP contribution in [-0.2, 0) is 11.2 Å². The van der Waals surface area contributed by atoms with E-state index >= 15 is 0 Å². The minimum absolute atomic E-state index is 0.208. The van der Waals surface area contributed by atoms with Crippen LogP contribution in [0, 0.1) is 5.92 Å². The number of fused-ring (bicyclic) bond motifs is 1. The number of aromatic nitrogens is 1. The predicted octanol–water partition coefficient (Wildman–Crippen LogP) is 3.50. The fourth-order valence-corrected chi connectivity index (χ4v) is 4.71. The molecule has 1 atom stereocenters. The first-order chi connectivity index (χ1) is 12.7. The molecule has 1 unspecified atom stereocenters. The van der Waals surface area contributed by atoms with E-state index in [1.54, 1.807) is 6.92 Å². The Morgan fingerprint density at radius 3 is 2.77 bits per heavy atom. The zero-order chi connectivity index (χ0) is 17.9. The molecule has 4 rings (SSSR count). The third-order valence-electron chi connectivity index (χ3n) is 6.09. The summed E-state index contributed by atoms with van der Waals surface area (Å²) in [5, 5.41) is 1.20. The Hall–Kier alpha value is -1.94. The van der Waals surface area contributed by atoms with Gasteiger partial charge in [0.1, 0.15) is 0 Å². The molecule has 1 aromatic heterocycles. The van der Waals surface area contributed by atoms with Gasteiger partial charge in [0, 0.05) is 50.7 Å². The number of nitrogens with zero attached hydrogens (tertiary/aromatic N) is 3. The molecule has 0 bridgehead atoms. The molecule has 1 amide bonds. The Morgan fingerprint density at radius 2 is 1.96 bits per heavy atom. The van der Waals surface area contributed by atoms with Crippen LogP contribution in [0.5, 0.6) is 0 Å². The number of para-hydroxylation sites is 1. The Kier molecular flexibility index (Phi) is 5.21. The lowest BCUT2D eigenvalue weighted by atomic mass is 9.98. The molecule has 0 N–H and O–H groups in total. The van der Waals surface area contributed by atoms with Gasteiger partial charge in [-0.05, 0) is 42.9 Å². The summed E-state index contributed by atoms with van der Waals surface area (Å²) >= 11 is 0. The lowest BCUT2D eigenvalue weighted by Crippen LogP contribution is -2.38. The number of rotatable bonds is 3. The molecule has 1 saturated carbocycles. The molecule has 2 aromatic rings. The summed E-state index contributed by atoms with van der Waals surface area (Å²) in [7, 11) is 0. The van der Waals surface area contributed by atoms with Crippen molar-refractivity contribution in [1.82, 2.24) is 14.8 Å². The quantitative estimate of drug-likeness (QED) is 0.849. The number of carbonyl (C=O) groups is 1. The first-order valence-electron chi connectivity index (χ1n) is 10.0. The second-order valence-electron chi connectivity index (χ2n) is 8.00. The maximum atomic E-state index is 12.0. The van der Waals surface area contributed by atoms with Gasteiger partial charge in [-0.3, -0.25) is 14.7 Å². The summed E-state index contributed by atoms with van der Waals surface area (Å²) in [6.07, 6.45) is 8.37. The first-order valence-corrected chi connectivity index (χ1v) is 10.0. The van der Waals surface area contributed by atoms with E-state index < -0.39 is 0 Å². The number of carbonyl (C=O) groups excluding carboxylic acids is 1. The van der Waals surface area contributed by atoms with Gasteiger partial charge in [-0.1, -0.05) is 31.0 Å². The number of benzene rings is 1. The fraction of sp³-hybridized carbons (Fsp3) is 0.545. The van der Waals surface area contributed by atoms with Gasteiger partial charge < -0.3 is 4.90 Å². The van der Waals surface area contributed by atoms with E-state index in [9.17, 15) is 4.79 Å². The second kappa shape index (κ2) is 7.75. The van der Waals surface area contributed by atoms with Gasteiger partial charge in [-0.25, -0.2) is 0 Å². The Bertz CT molecular complexity index is 769. The van der Waals surface area contributed by atoms with E-state index in [4.69, 9.17) is 0 Å². The summed E-state index contributed by atoms with van der Waals surface area (Å²) in [5.74, 6) is 0.685. The normalized spacial score (nSPS) is 22.7. The SMILES string of the molecule is CC(=O)N1CCN(C2CCCC2)CC(Cc2cnc3ccccc3c2)C1. The van der Waals surface area contributed by atoms with E-state index in [2.05, 4.69) is 34.1 Å². The van der Waals surface area contributed by atoms with Crippen LogP contribution in [-0.4, -0.2) is 52.9 Å². The molecule has 2 fully saturated rings. The summed E-state index contributed by atoms with van der Waals surface area (Å²) in [6, 6.07) is 11.3. The van der Waals surface area contributed by atoms with Crippen molar-refractivity contribution in [3.05, 3.63) is 42.1 Å². The highest BCUT2D eigenvalue weighted by Gasteiger charge is 2.29. The largest absolute Gasteiger partial charge is 0.341 e. The molecule has 1 saturated heterocycles. The third kappa shape index (κ3) is 3.90. The zero-order valence-corrected chi connectivity index (χ0v) is 15.7. The van der Waals surface area contributed by atoms with Crippen molar-refractivity contribution in [3.8, 4) is 0 Å². The summed E-state index contributed by atoms with van der Waals surface area (Å²) in [5.41, 5.74) is 2.33. The summed E-state index contributed by atoms with van der Waals surface area (Å²) in [4.78, 5) is 21.4. The van der Waals surface area contributed by atoms with Gasteiger partial charge in [0.2, 0.25) is 5.91 Å². The van der Waals surface area contributed by atoms with E-state index in [-0.39, 0.29) is 5.91 Å². The molecular formula is C22H29N3O. The monoisotopic (exact) mass is 351 g/mol. The second-order valence-corrected chi connectivity index (χ2v) is 8.00. The molecule has 4 heteroatoms. The highest BCUT2D eigenvalue weighted by Crippen LogP contribution is 2.27. The summed E-state index contributed by atoms with van der Waals surface area (Å²) < 4.78 is 0. The molecule has 4 nitrogen and oxygen atoms in total. The molecule has 0 radical (unpaired) electrons. The number of hydrogen-bond acceptors (Lipinski definition) is 3. The minimum atomic E-state index is 0.208. The van der Waals surface area contributed by atoms with Crippen molar-refractivity contribution < 1.29 is 4.79 Å². The Morgan fingerprint density at radius 1 is 1.15 bits per heavy atom. The van der Waals surface area contributed by atoms with Crippen molar-refractivity contribution >= 4 is 16.8 Å². The van der Waals surface area contributed by atoms with Crippen LogP contribution in [0.1, 0.15) is 38.2 Å². The first kappa shape index (κ1) is 17.5. The highest BCUT2D eigenvalue weighted by atomic mass is 16.2. The van der Waals surface area contributed by atoms with Gasteiger partial charge >= 0.3 is 0 Å². The maximum absolute atomic E-state index is 12.0. The van der Waals surface area contributed by atoms with Gasteiger partial charge in [-0.2, -0.15) is 0 Å². The highest BCUT2D eigenvalue weighted by molar-refractivity contribution is 5.78. The number of amides is 1. The van der Waals surface area contributed by atoms with Crippen LogP contribution in [0.3, 0.4) is 0 Å². The number of pyridine rings is 1. The van der Waals surface area contributed by atoms with E-state index in [1.165, 1.54) is 36.6 Å². The molecule has 0 spiro atoms. The van der Waals surface area contributed by atoms with Gasteiger partial charge in [0.15, 0.2) is 0 Å². The molecule has 26 heavy (non-hydrogen) atoms. The van der Waals surface area contributed by atoms with Crippen LogP contribution >= 0.6 is 0 Å². The van der Waals surface area contributed by atoms with Gasteiger partial charge in [0.05, 0.1) is 5.52 Å². The Labute approximate surface area is 156 Å². The van der Waals surface area contributed by atoms with E-state index in [0.29, 0.717) is 5.92 Å². The van der Waals surface area contributed by atoms with Crippen LogP contribution in [0.4, 0.5) is 0 Å². The van der Waals surface area contributed by atoms with Crippen molar-refractivity contribution in [2.24, 2.45) is 5.92 Å². The predicted molar refractivity (Wildman–Crippen MR) is 105 cm³/mol. The number of hydrogen-bond donors (Lipinski definition) is 0. The summed E-state index contributed by atoms with van der Waals surface area (Å²) in [6.45, 7) is 5.57. The van der Waals surface area contributed by atoms with E-state index in [0.717, 1.165) is 44.2 Å². The lowest BCUT2D eigenvalue weighted by molar-refractivity contribution is -0.129. The van der Waals surface area contributed by atoms with Crippen LogP contribution in [0.2, 0.25) is 0 Å². The molecule has 2 aliphatic rings. The standard InChI is InChI=1S/C22H29N3O/c1-17(26)24-10-11-25(21-7-3-4-8-21)16-19(15-24)12-18-13-20-6-2-5-9-22(20)23-14-18/h2,5-6,9,13-14,19,21H,3-4,7-8,10-12,15-16H2,1H3. The van der Waals surface area contributed by atoms with Crippen molar-refractivity contribution in [3.63, 3.8) is 0 Å². The molecule has 1 aliphatic heterocycles. The lowest BCUT2D eigenvalue weighted by Gasteiger charge is -2.29. The zero-order valence-electron chi connectivity index (χ0n) is 15.7. The average Bonchev–Trinajstić information content (AvgIpc) is 3.10. The topological polar surface area (TPSA) is 36.4 Å². The van der Waals surface area contributed by atoms with Crippen LogP contribution < -0.4 is 0 Å². The molecule has 1 aliphatic carbocycles. The fourth-order valence-electron chi connectivity index (χ4n) is 4.71. The van der Waals surface area contributed by atoms with Gasteiger partial charge in [-0.15, -0.1) is 0 Å². The van der Waals surface area contributed by atoms with Crippen molar-refractivity contribution in [2.75, 3.05) is 26.2 Å². The van der Waals surface area contributed by atoms with Gasteiger partial charge in [0.25, 0.3) is 0 Å². The molecular weight excluding hydrogens is 322 g/mol. The molecule has 1 aromatic carbocycles. The minimum Gasteiger partial charge on any atom is -0.341 e. The van der Waals surface area contributed by atoms with Crippen molar-refractivity contribution in [1.29, 1.82) is 0 Å². The van der Waals surface area contributed by atoms with Crippen LogP contribution in [0.15, 0.2) is 36.5 Å². The maximum Gasteiger partial charge on any atom is 0.219 e. The smallest absolute Gasteiger partial charge is 0.219 e. The molecule has 2 heterocycles.